The minimum Gasteiger partial charge on any atom is -0.399 e. The summed E-state index contributed by atoms with van der Waals surface area (Å²) in [5, 5.41) is 3.64. The van der Waals surface area contributed by atoms with Gasteiger partial charge in [-0.2, -0.15) is 0 Å². The van der Waals surface area contributed by atoms with Crippen molar-refractivity contribution in [3.8, 4) is 0 Å². The number of anilines is 2. The molecule has 0 heterocycles. The van der Waals surface area contributed by atoms with Crippen molar-refractivity contribution in [3.63, 3.8) is 0 Å². The summed E-state index contributed by atoms with van der Waals surface area (Å²) in [4.78, 5) is 12.0. The summed E-state index contributed by atoms with van der Waals surface area (Å²) in [6, 6.07) is 9.82. The third-order valence-electron chi connectivity index (χ3n) is 2.42. The highest BCUT2D eigenvalue weighted by molar-refractivity contribution is 9.10. The van der Waals surface area contributed by atoms with Gasteiger partial charge in [-0.25, -0.2) is 0 Å². The van der Waals surface area contributed by atoms with Gasteiger partial charge in [0.15, 0.2) is 0 Å². The van der Waals surface area contributed by atoms with E-state index in [1.165, 1.54) is 0 Å². The SMILES string of the molecule is Nc1ccc(NC(=O)c2ccc(Cl)c(Br)c2)c(Cl)c1. The molecular weight excluding hydrogens is 351 g/mol. The van der Waals surface area contributed by atoms with Crippen molar-refractivity contribution in [2.24, 2.45) is 0 Å². The number of nitrogens with two attached hydrogens (primary N) is 1. The van der Waals surface area contributed by atoms with Crippen LogP contribution in [0.15, 0.2) is 40.9 Å². The number of halogens is 3. The molecule has 0 aliphatic carbocycles. The van der Waals surface area contributed by atoms with Crippen LogP contribution in [0.5, 0.6) is 0 Å². The lowest BCUT2D eigenvalue weighted by molar-refractivity contribution is 0.102. The quantitative estimate of drug-likeness (QED) is 0.770. The van der Waals surface area contributed by atoms with E-state index in [1.807, 2.05) is 0 Å². The van der Waals surface area contributed by atoms with Crippen LogP contribution < -0.4 is 11.1 Å². The zero-order valence-corrected chi connectivity index (χ0v) is 12.7. The minimum atomic E-state index is -0.274. The molecule has 0 atom stereocenters. The van der Waals surface area contributed by atoms with Crippen LogP contribution in [0, 0.1) is 0 Å². The lowest BCUT2D eigenvalue weighted by atomic mass is 10.2. The van der Waals surface area contributed by atoms with Crippen LogP contribution in [-0.2, 0) is 0 Å². The van der Waals surface area contributed by atoms with Gasteiger partial charge in [-0.3, -0.25) is 4.79 Å². The number of hydrogen-bond donors (Lipinski definition) is 2. The molecule has 19 heavy (non-hydrogen) atoms. The Bertz CT molecular complexity index is 647. The maximum absolute atomic E-state index is 12.0. The molecule has 0 radical (unpaired) electrons. The standard InChI is InChI=1S/C13H9BrCl2N2O/c14-9-5-7(1-3-10(9)15)13(19)18-12-4-2-8(17)6-11(12)16/h1-6H,17H2,(H,18,19). The molecule has 0 fully saturated rings. The molecule has 3 N–H and O–H groups in total. The molecule has 2 aromatic carbocycles. The molecule has 0 bridgehead atoms. The number of nitrogen functional groups attached to an aromatic ring is 1. The topological polar surface area (TPSA) is 55.1 Å². The van der Waals surface area contributed by atoms with Crippen LogP contribution in [0.2, 0.25) is 10.0 Å². The first-order valence-corrected chi connectivity index (χ1v) is 6.83. The first-order valence-electron chi connectivity index (χ1n) is 5.29. The number of hydrogen-bond acceptors (Lipinski definition) is 2. The summed E-state index contributed by atoms with van der Waals surface area (Å²) in [5.74, 6) is -0.274. The predicted molar refractivity (Wildman–Crippen MR) is 83.0 cm³/mol. The minimum absolute atomic E-state index is 0.274. The van der Waals surface area contributed by atoms with Gasteiger partial charge in [0, 0.05) is 15.7 Å². The molecule has 1 amide bonds. The fraction of sp³-hybridized carbons (Fsp3) is 0. The molecule has 2 aromatic rings. The van der Waals surface area contributed by atoms with Gasteiger partial charge < -0.3 is 11.1 Å². The molecule has 2 rings (SSSR count). The molecule has 0 spiro atoms. The van der Waals surface area contributed by atoms with Gasteiger partial charge in [0.1, 0.15) is 0 Å². The van der Waals surface area contributed by atoms with E-state index >= 15 is 0 Å². The van der Waals surface area contributed by atoms with Crippen molar-refractivity contribution in [3.05, 3.63) is 56.5 Å². The van der Waals surface area contributed by atoms with Crippen LogP contribution in [0.4, 0.5) is 11.4 Å². The van der Waals surface area contributed by atoms with Crippen LogP contribution in [0.1, 0.15) is 10.4 Å². The van der Waals surface area contributed by atoms with Gasteiger partial charge >= 0.3 is 0 Å². The summed E-state index contributed by atoms with van der Waals surface area (Å²) in [6.45, 7) is 0. The van der Waals surface area contributed by atoms with Gasteiger partial charge in [-0.15, -0.1) is 0 Å². The molecule has 0 aliphatic rings. The predicted octanol–water partition coefficient (Wildman–Crippen LogP) is 4.59. The van der Waals surface area contributed by atoms with E-state index in [4.69, 9.17) is 28.9 Å². The van der Waals surface area contributed by atoms with Crippen LogP contribution >= 0.6 is 39.1 Å². The van der Waals surface area contributed by atoms with Gasteiger partial charge in [-0.05, 0) is 52.3 Å². The van der Waals surface area contributed by atoms with Crippen molar-refractivity contribution in [1.82, 2.24) is 0 Å². The molecule has 3 nitrogen and oxygen atoms in total. The average Bonchev–Trinajstić information content (AvgIpc) is 2.36. The fourth-order valence-electron chi connectivity index (χ4n) is 1.46. The van der Waals surface area contributed by atoms with E-state index < -0.39 is 0 Å². The summed E-state index contributed by atoms with van der Waals surface area (Å²) in [7, 11) is 0. The summed E-state index contributed by atoms with van der Waals surface area (Å²) < 4.78 is 0.658. The number of rotatable bonds is 2. The Hall–Kier alpha value is -1.23. The van der Waals surface area contributed by atoms with Crippen molar-refractivity contribution in [2.75, 3.05) is 11.1 Å². The Kier molecular flexibility index (Phi) is 4.34. The second-order valence-corrected chi connectivity index (χ2v) is 5.49. The lowest BCUT2D eigenvalue weighted by Crippen LogP contribution is -2.12. The number of benzene rings is 2. The van der Waals surface area contributed by atoms with E-state index in [1.54, 1.807) is 36.4 Å². The molecular formula is C13H9BrCl2N2O. The third-order valence-corrected chi connectivity index (χ3v) is 3.95. The second kappa shape index (κ2) is 5.82. The Morgan fingerprint density at radius 1 is 1.11 bits per heavy atom. The molecule has 0 aromatic heterocycles. The largest absolute Gasteiger partial charge is 0.399 e. The monoisotopic (exact) mass is 358 g/mol. The Labute approximate surface area is 128 Å². The van der Waals surface area contributed by atoms with Crippen molar-refractivity contribution in [1.29, 1.82) is 0 Å². The van der Waals surface area contributed by atoms with Crippen molar-refractivity contribution >= 4 is 56.4 Å². The number of carbonyl (C=O) groups is 1. The molecule has 0 saturated carbocycles. The first-order chi connectivity index (χ1) is 8.97. The maximum Gasteiger partial charge on any atom is 0.255 e. The summed E-state index contributed by atoms with van der Waals surface area (Å²) >= 11 is 15.1. The van der Waals surface area contributed by atoms with Crippen LogP contribution in [-0.4, -0.2) is 5.91 Å². The van der Waals surface area contributed by atoms with Gasteiger partial charge in [0.05, 0.1) is 15.7 Å². The zero-order valence-electron chi connectivity index (χ0n) is 9.58. The zero-order chi connectivity index (χ0) is 14.0. The van der Waals surface area contributed by atoms with E-state index in [0.29, 0.717) is 31.5 Å². The van der Waals surface area contributed by atoms with Gasteiger partial charge in [0.2, 0.25) is 0 Å². The molecule has 98 valence electrons. The summed E-state index contributed by atoms with van der Waals surface area (Å²) in [5.41, 5.74) is 7.11. The first kappa shape index (κ1) is 14.2. The Morgan fingerprint density at radius 3 is 2.47 bits per heavy atom. The smallest absolute Gasteiger partial charge is 0.255 e. The fourth-order valence-corrected chi connectivity index (χ4v) is 2.20. The normalized spacial score (nSPS) is 10.3. The van der Waals surface area contributed by atoms with Gasteiger partial charge in [-0.1, -0.05) is 23.2 Å². The molecule has 0 saturated heterocycles. The lowest BCUT2D eigenvalue weighted by Gasteiger charge is -2.08. The van der Waals surface area contributed by atoms with Crippen LogP contribution in [0.3, 0.4) is 0 Å². The van der Waals surface area contributed by atoms with Gasteiger partial charge in [0.25, 0.3) is 5.91 Å². The highest BCUT2D eigenvalue weighted by Crippen LogP contribution is 2.26. The Morgan fingerprint density at radius 2 is 1.84 bits per heavy atom. The average molecular weight is 360 g/mol. The molecule has 6 heteroatoms. The highest BCUT2D eigenvalue weighted by atomic mass is 79.9. The highest BCUT2D eigenvalue weighted by Gasteiger charge is 2.10. The Balaban J connectivity index is 2.23. The van der Waals surface area contributed by atoms with E-state index in [-0.39, 0.29) is 5.91 Å². The second-order valence-electron chi connectivity index (χ2n) is 3.82. The molecule has 0 aliphatic heterocycles. The third kappa shape index (κ3) is 3.41. The van der Waals surface area contributed by atoms with E-state index in [2.05, 4.69) is 21.2 Å². The van der Waals surface area contributed by atoms with E-state index in [0.717, 1.165) is 0 Å². The molecule has 0 unspecified atom stereocenters. The number of amides is 1. The van der Waals surface area contributed by atoms with Crippen molar-refractivity contribution < 1.29 is 4.79 Å². The van der Waals surface area contributed by atoms with Crippen molar-refractivity contribution in [2.45, 2.75) is 0 Å². The maximum atomic E-state index is 12.0. The number of carbonyl (C=O) groups excluding carboxylic acids is 1. The van der Waals surface area contributed by atoms with E-state index in [9.17, 15) is 4.79 Å². The number of nitrogens with one attached hydrogen (secondary N) is 1. The van der Waals surface area contributed by atoms with Crippen LogP contribution in [0.25, 0.3) is 0 Å². The summed E-state index contributed by atoms with van der Waals surface area (Å²) in [6.07, 6.45) is 0.